The van der Waals surface area contributed by atoms with Gasteiger partial charge in [-0.3, -0.25) is 11.3 Å². The number of nitrogens with two attached hydrogens (primary N) is 1. The van der Waals surface area contributed by atoms with E-state index >= 15 is 0 Å². The van der Waals surface area contributed by atoms with Gasteiger partial charge in [-0.1, -0.05) is 43.5 Å². The number of nitrogens with one attached hydrogen (secondary N) is 1. The second-order valence-electron chi connectivity index (χ2n) is 6.81. The standard InChI is InChI=1S/C17H28ClN3/c1-12-6-5-9-17(11-12,21(3)4)16(20-19)14-8-7-13(2)15(18)10-14/h7-8,10,12,16,20H,5-6,9,11,19H2,1-4H3. The molecule has 1 aliphatic rings. The zero-order chi connectivity index (χ0) is 15.6. The van der Waals surface area contributed by atoms with E-state index < -0.39 is 0 Å². The highest BCUT2D eigenvalue weighted by Gasteiger charge is 2.44. The highest BCUT2D eigenvalue weighted by Crippen LogP contribution is 2.44. The molecule has 3 unspecified atom stereocenters. The highest BCUT2D eigenvalue weighted by atomic mass is 35.5. The Kier molecular flexibility index (Phi) is 5.31. The van der Waals surface area contributed by atoms with E-state index in [1.807, 2.05) is 6.92 Å². The van der Waals surface area contributed by atoms with Crippen LogP contribution in [0.4, 0.5) is 0 Å². The van der Waals surface area contributed by atoms with Gasteiger partial charge in [-0.05, 0) is 57.0 Å². The second-order valence-corrected chi connectivity index (χ2v) is 7.22. The lowest BCUT2D eigenvalue weighted by atomic mass is 9.69. The lowest BCUT2D eigenvalue weighted by Crippen LogP contribution is -2.57. The second kappa shape index (κ2) is 6.66. The van der Waals surface area contributed by atoms with Gasteiger partial charge >= 0.3 is 0 Å². The summed E-state index contributed by atoms with van der Waals surface area (Å²) in [6, 6.07) is 6.38. The minimum atomic E-state index is 0.0466. The average Bonchev–Trinajstić information content (AvgIpc) is 2.43. The van der Waals surface area contributed by atoms with Crippen molar-refractivity contribution in [2.75, 3.05) is 14.1 Å². The van der Waals surface area contributed by atoms with Crippen LogP contribution in [0.5, 0.6) is 0 Å². The van der Waals surface area contributed by atoms with Crippen molar-refractivity contribution in [1.82, 2.24) is 10.3 Å². The van der Waals surface area contributed by atoms with Gasteiger partial charge in [0, 0.05) is 10.6 Å². The van der Waals surface area contributed by atoms with Gasteiger partial charge in [0.05, 0.1) is 6.04 Å². The molecule has 0 bridgehead atoms. The first-order valence-corrected chi connectivity index (χ1v) is 8.18. The molecular formula is C17H28ClN3. The summed E-state index contributed by atoms with van der Waals surface area (Å²) in [5.74, 6) is 6.69. The summed E-state index contributed by atoms with van der Waals surface area (Å²) in [5.41, 5.74) is 5.40. The molecule has 1 aliphatic carbocycles. The fraction of sp³-hybridized carbons (Fsp3) is 0.647. The Bertz CT molecular complexity index is 489. The third-order valence-electron chi connectivity index (χ3n) is 5.13. The van der Waals surface area contributed by atoms with Crippen LogP contribution in [-0.4, -0.2) is 24.5 Å². The van der Waals surface area contributed by atoms with Crippen LogP contribution in [-0.2, 0) is 0 Å². The molecule has 0 aliphatic heterocycles. The SMILES string of the molecule is Cc1ccc(C(NN)C2(N(C)C)CCCC(C)C2)cc1Cl. The smallest absolute Gasteiger partial charge is 0.0644 e. The normalized spacial score (nSPS) is 27.9. The number of benzene rings is 1. The van der Waals surface area contributed by atoms with E-state index in [0.717, 1.165) is 29.3 Å². The first-order chi connectivity index (χ1) is 9.90. The van der Waals surface area contributed by atoms with Gasteiger partial charge in [0.15, 0.2) is 0 Å². The third-order valence-corrected chi connectivity index (χ3v) is 5.54. The lowest BCUT2D eigenvalue weighted by molar-refractivity contribution is 0.0366. The number of hydrogen-bond acceptors (Lipinski definition) is 3. The lowest BCUT2D eigenvalue weighted by Gasteiger charge is -2.50. The van der Waals surface area contributed by atoms with Crippen LogP contribution in [0, 0.1) is 12.8 Å². The Labute approximate surface area is 133 Å². The molecule has 0 saturated heterocycles. The minimum Gasteiger partial charge on any atom is -0.302 e. The van der Waals surface area contributed by atoms with Gasteiger partial charge in [-0.2, -0.15) is 0 Å². The first-order valence-electron chi connectivity index (χ1n) is 7.80. The molecule has 1 aromatic rings. The molecule has 118 valence electrons. The molecule has 1 aromatic carbocycles. The van der Waals surface area contributed by atoms with Gasteiger partial charge in [0.25, 0.3) is 0 Å². The predicted octanol–water partition coefficient (Wildman–Crippen LogP) is 3.66. The Balaban J connectivity index is 2.42. The van der Waals surface area contributed by atoms with Gasteiger partial charge in [0.1, 0.15) is 0 Å². The molecule has 0 aromatic heterocycles. The molecular weight excluding hydrogens is 282 g/mol. The molecule has 2 rings (SSSR count). The van der Waals surface area contributed by atoms with Crippen LogP contribution in [0.25, 0.3) is 0 Å². The fourth-order valence-electron chi connectivity index (χ4n) is 3.84. The van der Waals surface area contributed by atoms with Crippen LogP contribution in [0.3, 0.4) is 0 Å². The maximum absolute atomic E-state index is 6.33. The molecule has 1 fully saturated rings. The number of rotatable bonds is 4. The maximum Gasteiger partial charge on any atom is 0.0644 e. The monoisotopic (exact) mass is 309 g/mol. The average molecular weight is 310 g/mol. The van der Waals surface area contributed by atoms with Crippen LogP contribution in [0.2, 0.25) is 5.02 Å². The quantitative estimate of drug-likeness (QED) is 0.659. The van der Waals surface area contributed by atoms with Gasteiger partial charge in [0.2, 0.25) is 0 Å². The van der Waals surface area contributed by atoms with Crippen molar-refractivity contribution in [2.45, 2.75) is 51.1 Å². The number of hydrazine groups is 1. The van der Waals surface area contributed by atoms with Crippen molar-refractivity contribution in [3.05, 3.63) is 34.3 Å². The first kappa shape index (κ1) is 16.8. The van der Waals surface area contributed by atoms with Crippen molar-refractivity contribution in [3.8, 4) is 0 Å². The van der Waals surface area contributed by atoms with Gasteiger partial charge in [-0.15, -0.1) is 0 Å². The Morgan fingerprint density at radius 2 is 2.14 bits per heavy atom. The molecule has 0 spiro atoms. The molecule has 0 heterocycles. The number of aryl methyl sites for hydroxylation is 1. The minimum absolute atomic E-state index is 0.0466. The predicted molar refractivity (Wildman–Crippen MR) is 90.3 cm³/mol. The molecule has 3 N–H and O–H groups in total. The molecule has 4 heteroatoms. The van der Waals surface area contributed by atoms with Crippen LogP contribution in [0.15, 0.2) is 18.2 Å². The summed E-state index contributed by atoms with van der Waals surface area (Å²) < 4.78 is 0. The third kappa shape index (κ3) is 3.26. The Morgan fingerprint density at radius 1 is 1.43 bits per heavy atom. The van der Waals surface area contributed by atoms with E-state index in [1.165, 1.54) is 18.4 Å². The molecule has 0 amide bonds. The Morgan fingerprint density at radius 3 is 2.67 bits per heavy atom. The van der Waals surface area contributed by atoms with Crippen LogP contribution >= 0.6 is 11.6 Å². The van der Waals surface area contributed by atoms with Crippen molar-refractivity contribution in [2.24, 2.45) is 11.8 Å². The summed E-state index contributed by atoms with van der Waals surface area (Å²) in [5, 5.41) is 0.811. The van der Waals surface area contributed by atoms with Crippen molar-refractivity contribution >= 4 is 11.6 Å². The van der Waals surface area contributed by atoms with Crippen molar-refractivity contribution < 1.29 is 0 Å². The van der Waals surface area contributed by atoms with Gasteiger partial charge < -0.3 is 4.90 Å². The number of likely N-dealkylation sites (N-methyl/N-ethyl adjacent to an activating group) is 1. The van der Waals surface area contributed by atoms with Crippen molar-refractivity contribution in [3.63, 3.8) is 0 Å². The summed E-state index contributed by atoms with van der Waals surface area (Å²) in [4.78, 5) is 2.35. The fourth-order valence-corrected chi connectivity index (χ4v) is 4.03. The van der Waals surface area contributed by atoms with Crippen LogP contribution < -0.4 is 11.3 Å². The molecule has 3 atom stereocenters. The van der Waals surface area contributed by atoms with E-state index in [4.69, 9.17) is 17.4 Å². The summed E-state index contributed by atoms with van der Waals surface area (Å²) in [6.45, 7) is 4.37. The van der Waals surface area contributed by atoms with E-state index in [2.05, 4.69) is 49.5 Å². The zero-order valence-corrected chi connectivity index (χ0v) is 14.4. The topological polar surface area (TPSA) is 41.3 Å². The molecule has 21 heavy (non-hydrogen) atoms. The summed E-state index contributed by atoms with van der Waals surface area (Å²) in [6.07, 6.45) is 4.86. The van der Waals surface area contributed by atoms with E-state index in [9.17, 15) is 0 Å². The van der Waals surface area contributed by atoms with E-state index in [0.29, 0.717) is 0 Å². The molecule has 1 saturated carbocycles. The zero-order valence-electron chi connectivity index (χ0n) is 13.6. The molecule has 0 radical (unpaired) electrons. The Hall–Kier alpha value is -0.610. The maximum atomic E-state index is 6.33. The van der Waals surface area contributed by atoms with Crippen LogP contribution in [0.1, 0.15) is 49.8 Å². The summed E-state index contributed by atoms with van der Waals surface area (Å²) in [7, 11) is 4.33. The van der Waals surface area contributed by atoms with E-state index in [1.54, 1.807) is 0 Å². The van der Waals surface area contributed by atoms with Gasteiger partial charge in [-0.25, -0.2) is 0 Å². The number of nitrogens with zero attached hydrogens (tertiary/aromatic N) is 1. The largest absolute Gasteiger partial charge is 0.302 e. The number of halogens is 1. The summed E-state index contributed by atoms with van der Waals surface area (Å²) >= 11 is 6.33. The molecule has 3 nitrogen and oxygen atoms in total. The van der Waals surface area contributed by atoms with E-state index in [-0.39, 0.29) is 11.6 Å². The number of hydrogen-bond donors (Lipinski definition) is 2. The highest BCUT2D eigenvalue weighted by molar-refractivity contribution is 6.31. The van der Waals surface area contributed by atoms with Crippen molar-refractivity contribution in [1.29, 1.82) is 0 Å².